The number of anilines is 1. The van der Waals surface area contributed by atoms with E-state index in [4.69, 9.17) is 0 Å². The zero-order chi connectivity index (χ0) is 17.0. The lowest BCUT2D eigenvalue weighted by Crippen LogP contribution is -2.26. The average Bonchev–Trinajstić information content (AvgIpc) is 3.02. The molecule has 0 aliphatic heterocycles. The summed E-state index contributed by atoms with van der Waals surface area (Å²) in [6.07, 6.45) is 0.832. The number of nitrogens with zero attached hydrogens (tertiary/aromatic N) is 1. The van der Waals surface area contributed by atoms with Gasteiger partial charge in [0.1, 0.15) is 0 Å². The van der Waals surface area contributed by atoms with E-state index in [1.165, 1.54) is 22.8 Å². The van der Waals surface area contributed by atoms with Crippen molar-refractivity contribution in [1.82, 2.24) is 5.32 Å². The van der Waals surface area contributed by atoms with Gasteiger partial charge in [-0.25, -0.2) is 8.42 Å². The second kappa shape index (κ2) is 7.14. The van der Waals surface area contributed by atoms with Crippen LogP contribution in [0.15, 0.2) is 40.6 Å². The Balaban J connectivity index is 2.26. The summed E-state index contributed by atoms with van der Waals surface area (Å²) in [5.74, 6) is -0.239. The van der Waals surface area contributed by atoms with E-state index in [1.54, 1.807) is 12.1 Å². The summed E-state index contributed by atoms with van der Waals surface area (Å²) in [7, 11) is -2.17. The molecule has 2 aromatic rings. The quantitative estimate of drug-likeness (QED) is 0.869. The fourth-order valence-electron chi connectivity index (χ4n) is 2.02. The molecule has 0 radical (unpaired) electrons. The molecule has 23 heavy (non-hydrogen) atoms. The van der Waals surface area contributed by atoms with Gasteiger partial charge in [-0.1, -0.05) is 19.1 Å². The number of hydrogen-bond acceptors (Lipinski definition) is 4. The molecule has 0 atom stereocenters. The van der Waals surface area contributed by atoms with Crippen LogP contribution in [0.3, 0.4) is 0 Å². The van der Waals surface area contributed by atoms with Crippen LogP contribution in [0, 0.1) is 6.92 Å². The third-order valence-corrected chi connectivity index (χ3v) is 6.20. The van der Waals surface area contributed by atoms with Crippen LogP contribution in [0.4, 0.5) is 5.69 Å². The van der Waals surface area contributed by atoms with Gasteiger partial charge in [0.25, 0.3) is 15.9 Å². The molecular weight excluding hydrogens is 332 g/mol. The molecule has 5 nitrogen and oxygen atoms in total. The van der Waals surface area contributed by atoms with Crippen molar-refractivity contribution in [1.29, 1.82) is 0 Å². The normalized spacial score (nSPS) is 11.3. The molecule has 1 aromatic heterocycles. The largest absolute Gasteiger partial charge is 0.351 e. The van der Waals surface area contributed by atoms with Gasteiger partial charge in [0.2, 0.25) is 0 Å². The second-order valence-corrected chi connectivity index (χ2v) is 8.09. The number of hydrogen-bond donors (Lipinski definition) is 1. The van der Waals surface area contributed by atoms with E-state index in [0.717, 1.165) is 23.3 Å². The first-order valence-electron chi connectivity index (χ1n) is 7.28. The predicted octanol–water partition coefficient (Wildman–Crippen LogP) is 3.02. The maximum Gasteiger partial charge on any atom is 0.264 e. The fourth-order valence-corrected chi connectivity index (χ4v) is 4.38. The molecule has 0 bridgehead atoms. The van der Waals surface area contributed by atoms with Gasteiger partial charge in [-0.2, -0.15) is 0 Å². The summed E-state index contributed by atoms with van der Waals surface area (Å²) in [4.78, 5) is 12.4. The van der Waals surface area contributed by atoms with Crippen LogP contribution < -0.4 is 9.62 Å². The van der Waals surface area contributed by atoms with Gasteiger partial charge in [0.05, 0.1) is 15.5 Å². The van der Waals surface area contributed by atoms with Gasteiger partial charge in [-0.15, -0.1) is 11.3 Å². The lowest BCUT2D eigenvalue weighted by atomic mass is 10.2. The summed E-state index contributed by atoms with van der Waals surface area (Å²) in [5.41, 5.74) is 1.57. The van der Waals surface area contributed by atoms with Crippen LogP contribution in [0.1, 0.15) is 28.6 Å². The van der Waals surface area contributed by atoms with Crippen LogP contribution in [0.2, 0.25) is 0 Å². The zero-order valence-corrected chi connectivity index (χ0v) is 15.0. The van der Waals surface area contributed by atoms with Crippen LogP contribution in [0.25, 0.3) is 0 Å². The minimum absolute atomic E-state index is 0.133. The number of aryl methyl sites for hydroxylation is 1. The van der Waals surface area contributed by atoms with Crippen molar-refractivity contribution in [2.24, 2.45) is 0 Å². The Morgan fingerprint density at radius 1 is 1.30 bits per heavy atom. The zero-order valence-electron chi connectivity index (χ0n) is 13.4. The molecule has 0 unspecified atom stereocenters. The Hall–Kier alpha value is -1.86. The van der Waals surface area contributed by atoms with Crippen molar-refractivity contribution in [3.63, 3.8) is 0 Å². The molecule has 0 spiro atoms. The van der Waals surface area contributed by atoms with Crippen molar-refractivity contribution in [3.8, 4) is 0 Å². The van der Waals surface area contributed by atoms with Gasteiger partial charge >= 0.3 is 0 Å². The molecule has 1 aromatic carbocycles. The summed E-state index contributed by atoms with van der Waals surface area (Å²) in [5, 5.41) is 4.25. The van der Waals surface area contributed by atoms with E-state index in [1.807, 2.05) is 26.0 Å². The van der Waals surface area contributed by atoms with E-state index >= 15 is 0 Å². The number of sulfonamides is 1. The third-order valence-electron chi connectivity index (χ3n) is 3.36. The van der Waals surface area contributed by atoms with Crippen LogP contribution in [-0.2, 0) is 10.0 Å². The highest BCUT2D eigenvalue weighted by Crippen LogP contribution is 2.26. The standard InChI is InChI=1S/C16H20N2O3S2/c1-4-8-17-16(19)15-10-14(11-22-15)23(20,21)18(3)13-7-5-6-12(2)9-13/h5-7,9-11H,4,8H2,1-3H3,(H,17,19). The molecule has 0 aliphatic rings. The first-order valence-corrected chi connectivity index (χ1v) is 9.60. The molecular formula is C16H20N2O3S2. The molecule has 0 aliphatic carbocycles. The average molecular weight is 352 g/mol. The molecule has 124 valence electrons. The Morgan fingerprint density at radius 2 is 2.04 bits per heavy atom. The third kappa shape index (κ3) is 3.92. The molecule has 0 fully saturated rings. The van der Waals surface area contributed by atoms with E-state index in [0.29, 0.717) is 17.1 Å². The molecule has 7 heteroatoms. The number of carbonyl (C=O) groups excluding carboxylic acids is 1. The fraction of sp³-hybridized carbons (Fsp3) is 0.312. The summed E-state index contributed by atoms with van der Waals surface area (Å²) in [6.45, 7) is 4.44. The Labute approximate surface area is 141 Å². The molecule has 1 N–H and O–H groups in total. The minimum Gasteiger partial charge on any atom is -0.351 e. The van der Waals surface area contributed by atoms with Crippen molar-refractivity contribution >= 4 is 33.0 Å². The molecule has 1 amide bonds. The van der Waals surface area contributed by atoms with Gasteiger partial charge < -0.3 is 5.32 Å². The van der Waals surface area contributed by atoms with Crippen molar-refractivity contribution in [2.75, 3.05) is 17.9 Å². The summed E-state index contributed by atoms with van der Waals surface area (Å²) < 4.78 is 26.6. The van der Waals surface area contributed by atoms with Gasteiger partial charge in [-0.05, 0) is 37.1 Å². The number of nitrogens with one attached hydrogen (secondary N) is 1. The lowest BCUT2D eigenvalue weighted by Gasteiger charge is -2.19. The number of amides is 1. The topological polar surface area (TPSA) is 66.5 Å². The molecule has 2 rings (SSSR count). The van der Waals surface area contributed by atoms with Gasteiger partial charge in [0, 0.05) is 19.0 Å². The highest BCUT2D eigenvalue weighted by atomic mass is 32.2. The van der Waals surface area contributed by atoms with Crippen molar-refractivity contribution in [3.05, 3.63) is 46.2 Å². The first-order chi connectivity index (χ1) is 10.9. The van der Waals surface area contributed by atoms with E-state index < -0.39 is 10.0 Å². The van der Waals surface area contributed by atoms with Crippen LogP contribution in [-0.4, -0.2) is 27.9 Å². The first kappa shape index (κ1) is 17.5. The van der Waals surface area contributed by atoms with Gasteiger partial charge in [0.15, 0.2) is 0 Å². The monoisotopic (exact) mass is 352 g/mol. The maximum absolute atomic E-state index is 12.7. The highest BCUT2D eigenvalue weighted by molar-refractivity contribution is 7.93. The Kier molecular flexibility index (Phi) is 5.43. The SMILES string of the molecule is CCCNC(=O)c1cc(S(=O)(=O)N(C)c2cccc(C)c2)cs1. The van der Waals surface area contributed by atoms with Crippen LogP contribution >= 0.6 is 11.3 Å². The van der Waals surface area contributed by atoms with E-state index in [-0.39, 0.29) is 10.8 Å². The Bertz CT molecular complexity index is 797. The predicted molar refractivity (Wildman–Crippen MR) is 93.7 cm³/mol. The van der Waals surface area contributed by atoms with Crippen molar-refractivity contribution < 1.29 is 13.2 Å². The van der Waals surface area contributed by atoms with Gasteiger partial charge in [-0.3, -0.25) is 9.10 Å². The minimum atomic E-state index is -3.68. The smallest absolute Gasteiger partial charge is 0.264 e. The maximum atomic E-state index is 12.7. The molecule has 1 heterocycles. The van der Waals surface area contributed by atoms with E-state index in [9.17, 15) is 13.2 Å². The number of rotatable bonds is 6. The number of thiophene rings is 1. The summed E-state index contributed by atoms with van der Waals surface area (Å²) in [6, 6.07) is 8.69. The van der Waals surface area contributed by atoms with Crippen molar-refractivity contribution in [2.45, 2.75) is 25.2 Å². The van der Waals surface area contributed by atoms with E-state index in [2.05, 4.69) is 5.32 Å². The number of benzene rings is 1. The lowest BCUT2D eigenvalue weighted by molar-refractivity contribution is 0.0957. The Morgan fingerprint density at radius 3 is 2.70 bits per heavy atom. The number of carbonyl (C=O) groups is 1. The summed E-state index contributed by atoms with van der Waals surface area (Å²) >= 11 is 1.13. The van der Waals surface area contributed by atoms with Crippen LogP contribution in [0.5, 0.6) is 0 Å². The highest BCUT2D eigenvalue weighted by Gasteiger charge is 2.24. The second-order valence-electron chi connectivity index (χ2n) is 5.21. The molecule has 0 saturated heterocycles. The molecule has 0 saturated carbocycles.